The Balaban J connectivity index is 5.62. The van der Waals surface area contributed by atoms with Crippen molar-refractivity contribution in [1.82, 2.24) is 0 Å². The summed E-state index contributed by atoms with van der Waals surface area (Å²) in [7, 11) is -3.51. The molecule has 0 aliphatic heterocycles. The maximum Gasteiger partial charge on any atom is 0.328 e. The molecular weight excluding hydrogens is 484 g/mol. The topological polar surface area (TPSA) is 76.0 Å². The van der Waals surface area contributed by atoms with E-state index >= 15 is 0 Å². The molecule has 36 heavy (non-hydrogen) atoms. The summed E-state index contributed by atoms with van der Waals surface area (Å²) >= 11 is 0. The Morgan fingerprint density at radius 2 is 1.36 bits per heavy atom. The Bertz CT molecular complexity index is 705. The fraction of sp³-hybridized carbons (Fsp3) is 0.759. The van der Waals surface area contributed by atoms with Crippen LogP contribution < -0.4 is 0 Å². The van der Waals surface area contributed by atoms with Gasteiger partial charge < -0.3 is 19.1 Å². The Kier molecular flexibility index (Phi) is 16.3. The lowest BCUT2D eigenvalue weighted by molar-refractivity contribution is -0.131. The van der Waals surface area contributed by atoms with Gasteiger partial charge in [-0.15, -0.1) is 0 Å². The highest BCUT2D eigenvalue weighted by molar-refractivity contribution is 6.74. The van der Waals surface area contributed by atoms with Crippen LogP contribution in [0, 0.1) is 5.92 Å². The number of hydrogen-bond acceptors (Lipinski definition) is 4. The second-order valence-corrected chi connectivity index (χ2v) is 20.1. The van der Waals surface area contributed by atoms with Crippen molar-refractivity contribution in [1.29, 1.82) is 0 Å². The third kappa shape index (κ3) is 12.0. The third-order valence-electron chi connectivity index (χ3n) is 8.19. The lowest BCUT2D eigenvalue weighted by Gasteiger charge is -2.34. The van der Waals surface area contributed by atoms with Crippen molar-refractivity contribution in [2.24, 2.45) is 5.92 Å². The van der Waals surface area contributed by atoms with Gasteiger partial charge in [0.1, 0.15) is 0 Å². The van der Waals surface area contributed by atoms with Gasteiger partial charge in [-0.3, -0.25) is 0 Å². The predicted octanol–water partition coefficient (Wildman–Crippen LogP) is 8.10. The highest BCUT2D eigenvalue weighted by Crippen LogP contribution is 2.29. The van der Waals surface area contributed by atoms with Crippen LogP contribution in [0.25, 0.3) is 0 Å². The van der Waals surface area contributed by atoms with E-state index in [1.165, 1.54) is 24.2 Å². The van der Waals surface area contributed by atoms with E-state index in [0.29, 0.717) is 5.92 Å². The molecule has 4 atom stereocenters. The summed E-state index contributed by atoms with van der Waals surface area (Å²) in [5.74, 6) is -0.608. The van der Waals surface area contributed by atoms with E-state index in [-0.39, 0.29) is 12.2 Å². The first-order valence-corrected chi connectivity index (χ1v) is 19.2. The van der Waals surface area contributed by atoms with Crippen LogP contribution in [0.3, 0.4) is 0 Å². The molecule has 0 aliphatic carbocycles. The van der Waals surface area contributed by atoms with E-state index < -0.39 is 28.2 Å². The van der Waals surface area contributed by atoms with Crippen molar-refractivity contribution in [3.8, 4) is 0 Å². The number of rotatable bonds is 19. The summed E-state index contributed by atoms with van der Waals surface area (Å²) in [6.45, 7) is 21.7. The van der Waals surface area contributed by atoms with Gasteiger partial charge in [0.05, 0.1) is 11.7 Å². The summed E-state index contributed by atoms with van der Waals surface area (Å²) < 4.78 is 13.5. The van der Waals surface area contributed by atoms with Crippen LogP contribution in [0.1, 0.15) is 82.1 Å². The molecule has 1 unspecified atom stereocenters. The average Bonchev–Trinajstić information content (AvgIpc) is 2.86. The number of hydrogen-bond donors (Lipinski definition) is 2. The molecule has 0 spiro atoms. The minimum atomic E-state index is -1.90. The average molecular weight is 541 g/mol. The number of carboxylic acids is 1. The zero-order valence-electron chi connectivity index (χ0n) is 24.9. The zero-order valence-corrected chi connectivity index (χ0v) is 26.9. The molecule has 0 aromatic heterocycles. The normalized spacial score (nSPS) is 17.9. The molecule has 0 aliphatic rings. The lowest BCUT2D eigenvalue weighted by Crippen LogP contribution is -2.41. The van der Waals surface area contributed by atoms with Crippen LogP contribution in [0.15, 0.2) is 36.0 Å². The molecule has 0 amide bonds. The maximum absolute atomic E-state index is 10.9. The fourth-order valence-corrected chi connectivity index (χ4v) is 10.4. The van der Waals surface area contributed by atoms with Crippen molar-refractivity contribution in [3.63, 3.8) is 0 Å². The lowest BCUT2D eigenvalue weighted by atomic mass is 9.98. The van der Waals surface area contributed by atoms with Crippen molar-refractivity contribution in [2.75, 3.05) is 0 Å². The second-order valence-electron chi connectivity index (χ2n) is 10.6. The number of aliphatic carboxylic acids is 1. The van der Waals surface area contributed by atoms with Gasteiger partial charge in [0.15, 0.2) is 16.6 Å². The number of carbonyl (C=O) groups is 1. The smallest absolute Gasteiger partial charge is 0.328 e. The highest BCUT2D eigenvalue weighted by atomic mass is 28.4. The highest BCUT2D eigenvalue weighted by Gasteiger charge is 2.33. The molecule has 0 radical (unpaired) electrons. The van der Waals surface area contributed by atoms with Crippen LogP contribution in [0.4, 0.5) is 0 Å². The SMILES string of the molecule is CC[Si](CC)(CC)OC(/C=C/[C@@](C)(O)/C=C/C(=O)O)/C(C)=C/CC[C@H](C)[C@@H](C)O[Si](CC)(CC)CC. The fourth-order valence-electron chi connectivity index (χ4n) is 4.57. The van der Waals surface area contributed by atoms with Gasteiger partial charge in [-0.2, -0.15) is 0 Å². The van der Waals surface area contributed by atoms with Crippen LogP contribution in [-0.2, 0) is 13.6 Å². The summed E-state index contributed by atoms with van der Waals surface area (Å²) in [6, 6.07) is 6.63. The van der Waals surface area contributed by atoms with Crippen LogP contribution in [-0.4, -0.2) is 50.6 Å². The van der Waals surface area contributed by atoms with Crippen molar-refractivity contribution < 1.29 is 23.9 Å². The van der Waals surface area contributed by atoms with Crippen molar-refractivity contribution >= 4 is 22.6 Å². The Morgan fingerprint density at radius 1 is 0.889 bits per heavy atom. The molecule has 0 bridgehead atoms. The summed E-state index contributed by atoms with van der Waals surface area (Å²) in [4.78, 5) is 10.9. The first-order chi connectivity index (χ1) is 16.8. The molecule has 0 saturated heterocycles. The van der Waals surface area contributed by atoms with E-state index in [1.54, 1.807) is 13.0 Å². The quantitative estimate of drug-likeness (QED) is 0.0983. The van der Waals surface area contributed by atoms with E-state index in [1.807, 2.05) is 6.08 Å². The summed E-state index contributed by atoms with van der Waals surface area (Å²) in [6.07, 6.45) is 10.1. The molecule has 0 aromatic rings. The third-order valence-corrected chi connectivity index (χ3v) is 17.5. The van der Waals surface area contributed by atoms with Crippen molar-refractivity contribution in [2.45, 2.75) is 136 Å². The zero-order chi connectivity index (χ0) is 28.0. The molecule has 0 rings (SSSR count). The number of aliphatic hydroxyl groups is 1. The monoisotopic (exact) mass is 540 g/mol. The van der Waals surface area contributed by atoms with Gasteiger partial charge in [-0.25, -0.2) is 4.79 Å². The van der Waals surface area contributed by atoms with Crippen LogP contribution in [0.2, 0.25) is 36.3 Å². The largest absolute Gasteiger partial charge is 0.478 e. The Morgan fingerprint density at radius 3 is 1.81 bits per heavy atom. The molecule has 0 fully saturated rings. The van der Waals surface area contributed by atoms with Gasteiger partial charge in [0, 0.05) is 12.2 Å². The first-order valence-electron chi connectivity index (χ1n) is 14.1. The second kappa shape index (κ2) is 16.8. The van der Waals surface area contributed by atoms with Crippen molar-refractivity contribution in [3.05, 3.63) is 36.0 Å². The van der Waals surface area contributed by atoms with Gasteiger partial charge >= 0.3 is 5.97 Å². The van der Waals surface area contributed by atoms with Gasteiger partial charge in [-0.1, -0.05) is 66.7 Å². The number of allylic oxidation sites excluding steroid dienone is 1. The molecule has 0 heterocycles. The van der Waals surface area contributed by atoms with E-state index in [2.05, 4.69) is 68.4 Å². The first kappa shape index (κ1) is 35.0. The molecule has 0 saturated carbocycles. The maximum atomic E-state index is 10.9. The summed E-state index contributed by atoms with van der Waals surface area (Å²) in [5.41, 5.74) is -0.221. The van der Waals surface area contributed by atoms with Crippen LogP contribution >= 0.6 is 0 Å². The Hall–Kier alpha value is -0.996. The van der Waals surface area contributed by atoms with E-state index in [4.69, 9.17) is 14.0 Å². The molecule has 2 N–H and O–H groups in total. The number of carboxylic acid groups (broad SMARTS) is 1. The Labute approximate surface area is 224 Å². The molecule has 0 aromatic carbocycles. The minimum Gasteiger partial charge on any atom is -0.478 e. The minimum absolute atomic E-state index is 0.231. The predicted molar refractivity (Wildman–Crippen MR) is 159 cm³/mol. The molecule has 7 heteroatoms. The molecule has 210 valence electrons. The van der Waals surface area contributed by atoms with Gasteiger partial charge in [0.2, 0.25) is 0 Å². The van der Waals surface area contributed by atoms with E-state index in [9.17, 15) is 9.90 Å². The van der Waals surface area contributed by atoms with Crippen LogP contribution in [0.5, 0.6) is 0 Å². The van der Waals surface area contributed by atoms with Gasteiger partial charge in [-0.05, 0) is 87.4 Å². The van der Waals surface area contributed by atoms with Gasteiger partial charge in [0.25, 0.3) is 0 Å². The molecule has 5 nitrogen and oxygen atoms in total. The standard InChI is InChI=1S/C29H56O5Si2/c1-11-35(12-2,13-3)33-26(9)24(7)18-17-19-25(8)27(34-36(14-4,15-5)16-6)20-22-29(10,32)23-21-28(30)31/h19-24,26-27,32H,11-18H2,1-10H3,(H,30,31)/b22-20+,23-21+,25-19+/t24-,26+,27?,29+/m0/s1. The summed E-state index contributed by atoms with van der Waals surface area (Å²) in [5, 5.41) is 19.5. The molecular formula is C29H56O5Si2. The van der Waals surface area contributed by atoms with E-state index in [0.717, 1.165) is 42.6 Å².